The van der Waals surface area contributed by atoms with E-state index in [-0.39, 0.29) is 5.56 Å². The highest BCUT2D eigenvalue weighted by Gasteiger charge is 2.04. The van der Waals surface area contributed by atoms with Crippen LogP contribution in [-0.4, -0.2) is 9.97 Å². The van der Waals surface area contributed by atoms with Crippen LogP contribution in [0, 0.1) is 12.1 Å². The molecule has 16 heavy (non-hydrogen) atoms. The first kappa shape index (κ1) is 8.74. The molecule has 0 fully saturated rings. The Morgan fingerprint density at radius 3 is 3.06 bits per heavy atom. The fourth-order valence-corrected chi connectivity index (χ4v) is 1.76. The van der Waals surface area contributed by atoms with E-state index in [9.17, 15) is 4.79 Å². The number of rotatable bonds is 0. The lowest BCUT2D eigenvalue weighted by Gasteiger charge is -2.00. The molecule has 3 N–H and O–H groups in total. The van der Waals surface area contributed by atoms with Crippen molar-refractivity contribution in [2.24, 2.45) is 0 Å². The number of hydrogen-bond acceptors (Lipinski definition) is 3. The molecule has 0 aliphatic rings. The van der Waals surface area contributed by atoms with Crippen LogP contribution in [0.1, 0.15) is 0 Å². The quantitative estimate of drug-likeness (QED) is 0.585. The fraction of sp³-hybridized carbons (Fsp3) is 0. The van der Waals surface area contributed by atoms with Crippen LogP contribution in [0.5, 0.6) is 0 Å². The molecule has 0 amide bonds. The SMILES string of the molecule is Nc1c#cc2c(c1)[nH]c(=O)c1ccncc12. The number of nitrogens with zero attached hydrogens (tertiary/aromatic N) is 1. The van der Waals surface area contributed by atoms with Crippen molar-refractivity contribution < 1.29 is 0 Å². The van der Waals surface area contributed by atoms with Crippen molar-refractivity contribution >= 4 is 27.4 Å². The van der Waals surface area contributed by atoms with Gasteiger partial charge in [0.15, 0.2) is 0 Å². The van der Waals surface area contributed by atoms with Gasteiger partial charge in [-0.2, -0.15) is 0 Å². The largest absolute Gasteiger partial charge is 0.392 e. The van der Waals surface area contributed by atoms with Gasteiger partial charge < -0.3 is 10.7 Å². The van der Waals surface area contributed by atoms with Gasteiger partial charge in [-0.05, 0) is 18.2 Å². The monoisotopic (exact) mass is 209 g/mol. The second-order valence-electron chi connectivity index (χ2n) is 3.51. The first-order valence-electron chi connectivity index (χ1n) is 4.75. The molecule has 0 unspecified atom stereocenters. The first-order chi connectivity index (χ1) is 7.75. The van der Waals surface area contributed by atoms with Gasteiger partial charge in [-0.25, -0.2) is 0 Å². The van der Waals surface area contributed by atoms with Gasteiger partial charge in [0.25, 0.3) is 5.56 Å². The lowest BCUT2D eigenvalue weighted by Crippen LogP contribution is -2.06. The molecule has 76 valence electrons. The minimum Gasteiger partial charge on any atom is -0.392 e. The second-order valence-corrected chi connectivity index (χ2v) is 3.51. The van der Waals surface area contributed by atoms with Gasteiger partial charge >= 0.3 is 0 Å². The molecule has 0 bridgehead atoms. The molecule has 0 spiro atoms. The van der Waals surface area contributed by atoms with E-state index in [1.807, 2.05) is 0 Å². The van der Waals surface area contributed by atoms with Gasteiger partial charge in [-0.15, -0.1) is 0 Å². The Labute approximate surface area is 90.7 Å². The van der Waals surface area contributed by atoms with Crippen LogP contribution in [0.2, 0.25) is 0 Å². The molecule has 0 radical (unpaired) electrons. The van der Waals surface area contributed by atoms with Gasteiger partial charge in [0.1, 0.15) is 0 Å². The highest BCUT2D eigenvalue weighted by molar-refractivity contribution is 6.04. The summed E-state index contributed by atoms with van der Waals surface area (Å²) >= 11 is 0. The topological polar surface area (TPSA) is 71.8 Å². The minimum absolute atomic E-state index is 0.149. The van der Waals surface area contributed by atoms with E-state index in [1.54, 1.807) is 24.5 Å². The van der Waals surface area contributed by atoms with Crippen LogP contribution in [0.25, 0.3) is 21.7 Å². The zero-order valence-electron chi connectivity index (χ0n) is 8.24. The maximum Gasteiger partial charge on any atom is 0.256 e. The molecule has 4 heteroatoms. The van der Waals surface area contributed by atoms with E-state index in [0.29, 0.717) is 16.6 Å². The number of pyridine rings is 2. The molecule has 0 atom stereocenters. The number of H-pyrrole nitrogens is 1. The van der Waals surface area contributed by atoms with E-state index >= 15 is 0 Å². The standard InChI is InChI=1S/C12H7N3O/c13-7-1-2-8-10-6-14-4-3-9(10)12(16)15-11(8)5-7/h3-6H,13H2,(H,15,16). The van der Waals surface area contributed by atoms with Crippen molar-refractivity contribution in [2.45, 2.75) is 0 Å². The highest BCUT2D eigenvalue weighted by Crippen LogP contribution is 2.18. The average molecular weight is 209 g/mol. The Balaban J connectivity index is 2.64. The predicted molar refractivity (Wildman–Crippen MR) is 62.0 cm³/mol. The molecule has 3 aromatic rings. The molecule has 3 rings (SSSR count). The summed E-state index contributed by atoms with van der Waals surface area (Å²) in [6.45, 7) is 0. The maximum absolute atomic E-state index is 11.8. The Kier molecular flexibility index (Phi) is 1.62. The number of anilines is 1. The molecule has 0 saturated heterocycles. The third kappa shape index (κ3) is 1.12. The summed E-state index contributed by atoms with van der Waals surface area (Å²) in [5, 5.41) is 2.13. The summed E-state index contributed by atoms with van der Waals surface area (Å²) < 4.78 is 0. The number of nitrogens with two attached hydrogens (primary N) is 1. The molecule has 2 heterocycles. The number of aromatic amines is 1. The third-order valence-corrected chi connectivity index (χ3v) is 2.48. The number of fused-ring (bicyclic) bond motifs is 3. The Bertz CT molecular complexity index is 746. The molecular formula is C12H7N3O. The second kappa shape index (κ2) is 2.97. The lowest BCUT2D eigenvalue weighted by molar-refractivity contribution is 1.31. The van der Waals surface area contributed by atoms with E-state index < -0.39 is 0 Å². The van der Waals surface area contributed by atoms with E-state index in [4.69, 9.17) is 5.73 Å². The summed E-state index contributed by atoms with van der Waals surface area (Å²) in [5.41, 5.74) is 6.55. The van der Waals surface area contributed by atoms with Gasteiger partial charge in [0.05, 0.1) is 22.0 Å². The number of aromatic nitrogens is 2. The van der Waals surface area contributed by atoms with Crippen LogP contribution >= 0.6 is 0 Å². The Hall–Kier alpha value is -2.54. The van der Waals surface area contributed by atoms with Crippen molar-refractivity contribution in [3.05, 3.63) is 47.0 Å². The van der Waals surface area contributed by atoms with Crippen molar-refractivity contribution in [2.75, 3.05) is 5.73 Å². The minimum atomic E-state index is -0.149. The lowest BCUT2D eigenvalue weighted by atomic mass is 10.1. The van der Waals surface area contributed by atoms with Gasteiger partial charge in [-0.3, -0.25) is 9.78 Å². The molecular weight excluding hydrogens is 202 g/mol. The normalized spacial score (nSPS) is 10.5. The molecule has 2 aromatic heterocycles. The number of nitrogen functional groups attached to an aromatic ring is 1. The first-order valence-corrected chi connectivity index (χ1v) is 4.75. The van der Waals surface area contributed by atoms with E-state index in [2.05, 4.69) is 22.1 Å². The maximum atomic E-state index is 11.8. The molecule has 0 saturated carbocycles. The van der Waals surface area contributed by atoms with Gasteiger partial charge in [-0.1, -0.05) is 6.07 Å². The zero-order chi connectivity index (χ0) is 11.1. The summed E-state index contributed by atoms with van der Waals surface area (Å²) in [5.74, 6) is 0. The summed E-state index contributed by atoms with van der Waals surface area (Å²) in [6, 6.07) is 9.06. The van der Waals surface area contributed by atoms with Crippen molar-refractivity contribution in [1.29, 1.82) is 0 Å². The highest BCUT2D eigenvalue weighted by atomic mass is 16.1. The van der Waals surface area contributed by atoms with Crippen LogP contribution in [0.3, 0.4) is 0 Å². The summed E-state index contributed by atoms with van der Waals surface area (Å²) in [4.78, 5) is 18.5. The zero-order valence-corrected chi connectivity index (χ0v) is 8.24. The van der Waals surface area contributed by atoms with E-state index in [0.717, 1.165) is 10.8 Å². The third-order valence-electron chi connectivity index (χ3n) is 2.48. The van der Waals surface area contributed by atoms with E-state index in [1.165, 1.54) is 0 Å². The molecule has 0 aliphatic carbocycles. The molecule has 0 aliphatic heterocycles. The van der Waals surface area contributed by atoms with Crippen molar-refractivity contribution in [3.63, 3.8) is 0 Å². The van der Waals surface area contributed by atoms with Crippen LogP contribution in [0.15, 0.2) is 29.3 Å². The fourth-order valence-electron chi connectivity index (χ4n) is 1.76. The average Bonchev–Trinajstić information content (AvgIpc) is 2.29. The van der Waals surface area contributed by atoms with Crippen molar-refractivity contribution in [1.82, 2.24) is 9.97 Å². The smallest absolute Gasteiger partial charge is 0.256 e. The molecule has 4 nitrogen and oxygen atoms in total. The Morgan fingerprint density at radius 1 is 1.31 bits per heavy atom. The van der Waals surface area contributed by atoms with Crippen LogP contribution < -0.4 is 11.3 Å². The van der Waals surface area contributed by atoms with Crippen molar-refractivity contribution in [3.8, 4) is 0 Å². The molecule has 1 aromatic carbocycles. The Morgan fingerprint density at radius 2 is 2.19 bits per heavy atom. The predicted octanol–water partition coefficient (Wildman–Crippen LogP) is 1.26. The summed E-state index contributed by atoms with van der Waals surface area (Å²) in [6.07, 6.45) is 3.23. The number of nitrogens with one attached hydrogen (secondary N) is 1. The number of hydrogen-bond donors (Lipinski definition) is 2. The van der Waals surface area contributed by atoms with Crippen LogP contribution in [-0.2, 0) is 0 Å². The van der Waals surface area contributed by atoms with Gasteiger partial charge in [0.2, 0.25) is 0 Å². The summed E-state index contributed by atoms with van der Waals surface area (Å²) in [7, 11) is 0. The van der Waals surface area contributed by atoms with Crippen LogP contribution in [0.4, 0.5) is 5.69 Å². The van der Waals surface area contributed by atoms with Gasteiger partial charge in [0, 0.05) is 17.8 Å².